The summed E-state index contributed by atoms with van der Waals surface area (Å²) in [6.07, 6.45) is -3.73. The van der Waals surface area contributed by atoms with Gasteiger partial charge in [0, 0.05) is 5.02 Å². The first-order valence-electron chi connectivity index (χ1n) is 8.17. The van der Waals surface area contributed by atoms with Gasteiger partial charge < -0.3 is 5.32 Å². The molecule has 0 fully saturated rings. The van der Waals surface area contributed by atoms with Crippen molar-refractivity contribution in [3.63, 3.8) is 0 Å². The highest BCUT2D eigenvalue weighted by molar-refractivity contribution is 7.92. The fraction of sp³-hybridized carbons (Fsp3) is 0.278. The fourth-order valence-corrected chi connectivity index (χ4v) is 4.12. The second-order valence-electron chi connectivity index (χ2n) is 6.00. The number of benzene rings is 2. The van der Waals surface area contributed by atoms with E-state index in [1.807, 2.05) is 0 Å². The smallest absolute Gasteiger partial charge is 0.324 e. The number of anilines is 2. The zero-order valence-electron chi connectivity index (χ0n) is 15.0. The largest absolute Gasteiger partial charge is 0.418 e. The summed E-state index contributed by atoms with van der Waals surface area (Å²) in [4.78, 5) is 12.8. The van der Waals surface area contributed by atoms with E-state index in [9.17, 15) is 26.4 Å². The Morgan fingerprint density at radius 3 is 2.36 bits per heavy atom. The number of carbonyl (C=O) groups excluding carboxylic acids is 1. The Hall–Kier alpha value is -2.26. The van der Waals surface area contributed by atoms with Gasteiger partial charge in [0.05, 0.1) is 23.2 Å². The van der Waals surface area contributed by atoms with Gasteiger partial charge in [-0.1, -0.05) is 36.7 Å². The SMILES string of the molecule is CCC(C(=O)Nc1ccccc1C(F)(F)F)N(c1cccc(Cl)c1)S(C)(=O)=O. The lowest BCUT2D eigenvalue weighted by atomic mass is 10.1. The molecule has 0 saturated carbocycles. The summed E-state index contributed by atoms with van der Waals surface area (Å²) in [6.45, 7) is 1.56. The first-order chi connectivity index (χ1) is 12.9. The predicted molar refractivity (Wildman–Crippen MR) is 103 cm³/mol. The van der Waals surface area contributed by atoms with Crippen LogP contribution in [-0.4, -0.2) is 26.6 Å². The molecule has 0 aliphatic heterocycles. The molecule has 152 valence electrons. The lowest BCUT2D eigenvalue weighted by Crippen LogP contribution is -2.47. The maximum Gasteiger partial charge on any atom is 0.418 e. The van der Waals surface area contributed by atoms with Crippen LogP contribution in [0.5, 0.6) is 0 Å². The van der Waals surface area contributed by atoms with Gasteiger partial charge in [-0.2, -0.15) is 13.2 Å². The van der Waals surface area contributed by atoms with Crippen LogP contribution in [0.2, 0.25) is 5.02 Å². The van der Waals surface area contributed by atoms with Crippen LogP contribution in [0.25, 0.3) is 0 Å². The molecule has 0 heterocycles. The summed E-state index contributed by atoms with van der Waals surface area (Å²) < 4.78 is 65.1. The van der Waals surface area contributed by atoms with Crippen molar-refractivity contribution in [1.29, 1.82) is 0 Å². The number of hydrogen-bond acceptors (Lipinski definition) is 3. The second-order valence-corrected chi connectivity index (χ2v) is 8.29. The maximum atomic E-state index is 13.2. The van der Waals surface area contributed by atoms with Gasteiger partial charge in [-0.3, -0.25) is 9.10 Å². The molecule has 0 aliphatic rings. The van der Waals surface area contributed by atoms with Crippen molar-refractivity contribution >= 4 is 38.9 Å². The molecule has 1 unspecified atom stereocenters. The standard InChI is InChI=1S/C18H18ClF3N2O3S/c1-3-16(24(28(2,26)27)13-8-6-7-12(19)11-13)17(25)23-15-10-5-4-9-14(15)18(20,21)22/h4-11,16H,3H2,1-2H3,(H,23,25). The molecule has 0 saturated heterocycles. The predicted octanol–water partition coefficient (Wildman–Crippen LogP) is 4.54. The average molecular weight is 435 g/mol. The van der Waals surface area contributed by atoms with Crippen LogP contribution >= 0.6 is 11.6 Å². The number of carbonyl (C=O) groups is 1. The number of halogens is 4. The van der Waals surface area contributed by atoms with Gasteiger partial charge in [-0.15, -0.1) is 0 Å². The fourth-order valence-electron chi connectivity index (χ4n) is 2.73. The van der Waals surface area contributed by atoms with Crippen LogP contribution in [0.1, 0.15) is 18.9 Å². The molecular formula is C18H18ClF3N2O3S. The molecule has 0 aromatic heterocycles. The van der Waals surface area contributed by atoms with Gasteiger partial charge in [0.2, 0.25) is 15.9 Å². The molecule has 0 spiro atoms. The Morgan fingerprint density at radius 1 is 1.18 bits per heavy atom. The second kappa shape index (κ2) is 8.40. The number of nitrogens with one attached hydrogen (secondary N) is 1. The van der Waals surface area contributed by atoms with E-state index in [1.165, 1.54) is 36.4 Å². The Bertz CT molecular complexity index is 965. The molecule has 0 bridgehead atoms. The molecule has 1 atom stereocenters. The molecule has 2 rings (SSSR count). The van der Waals surface area contributed by atoms with E-state index in [0.717, 1.165) is 22.7 Å². The molecule has 0 radical (unpaired) electrons. The Labute approximate surface area is 166 Å². The summed E-state index contributed by atoms with van der Waals surface area (Å²) >= 11 is 5.92. The van der Waals surface area contributed by atoms with Crippen molar-refractivity contribution < 1.29 is 26.4 Å². The maximum absolute atomic E-state index is 13.2. The van der Waals surface area contributed by atoms with Crippen LogP contribution in [-0.2, 0) is 21.0 Å². The Balaban J connectivity index is 2.44. The minimum absolute atomic E-state index is 0.0274. The zero-order valence-corrected chi connectivity index (χ0v) is 16.6. The lowest BCUT2D eigenvalue weighted by molar-refractivity contribution is -0.137. The third-order valence-electron chi connectivity index (χ3n) is 3.88. The number of nitrogens with zero attached hydrogens (tertiary/aromatic N) is 1. The molecule has 0 aliphatic carbocycles. The van der Waals surface area contributed by atoms with E-state index in [0.29, 0.717) is 0 Å². The van der Waals surface area contributed by atoms with Crippen LogP contribution in [0, 0.1) is 0 Å². The minimum atomic E-state index is -4.67. The molecular weight excluding hydrogens is 417 g/mol. The number of amides is 1. The van der Waals surface area contributed by atoms with Crippen LogP contribution in [0.3, 0.4) is 0 Å². The first-order valence-corrected chi connectivity index (χ1v) is 10.4. The highest BCUT2D eigenvalue weighted by Crippen LogP contribution is 2.35. The normalized spacial score (nSPS) is 13.1. The van der Waals surface area contributed by atoms with Crippen LogP contribution in [0.15, 0.2) is 48.5 Å². The van der Waals surface area contributed by atoms with Gasteiger partial charge in [0.1, 0.15) is 6.04 Å². The van der Waals surface area contributed by atoms with E-state index >= 15 is 0 Å². The summed E-state index contributed by atoms with van der Waals surface area (Å²) in [5, 5.41) is 2.46. The highest BCUT2D eigenvalue weighted by Gasteiger charge is 2.36. The number of para-hydroxylation sites is 1. The summed E-state index contributed by atoms with van der Waals surface area (Å²) in [6, 6.07) is 9.08. The van der Waals surface area contributed by atoms with Crippen molar-refractivity contribution in [2.45, 2.75) is 25.6 Å². The molecule has 5 nitrogen and oxygen atoms in total. The molecule has 28 heavy (non-hydrogen) atoms. The highest BCUT2D eigenvalue weighted by atomic mass is 35.5. The topological polar surface area (TPSA) is 66.5 Å². The molecule has 1 amide bonds. The van der Waals surface area contributed by atoms with Gasteiger partial charge in [0.15, 0.2) is 0 Å². The van der Waals surface area contributed by atoms with E-state index in [4.69, 9.17) is 11.6 Å². The van der Waals surface area contributed by atoms with Crippen molar-refractivity contribution in [3.05, 3.63) is 59.1 Å². The van der Waals surface area contributed by atoms with Crippen LogP contribution < -0.4 is 9.62 Å². The minimum Gasteiger partial charge on any atom is -0.324 e. The van der Waals surface area contributed by atoms with Crippen molar-refractivity contribution in [1.82, 2.24) is 0 Å². The van der Waals surface area contributed by atoms with Crippen molar-refractivity contribution in [2.24, 2.45) is 0 Å². The van der Waals surface area contributed by atoms with Gasteiger partial charge in [-0.05, 0) is 36.8 Å². The van der Waals surface area contributed by atoms with E-state index in [1.54, 1.807) is 6.92 Å². The Kier molecular flexibility index (Phi) is 6.61. The van der Waals surface area contributed by atoms with Gasteiger partial charge in [0.25, 0.3) is 0 Å². The summed E-state index contributed by atoms with van der Waals surface area (Å²) in [7, 11) is -3.93. The van der Waals surface area contributed by atoms with E-state index in [2.05, 4.69) is 5.32 Å². The molecule has 2 aromatic rings. The quantitative estimate of drug-likeness (QED) is 0.725. The number of alkyl halides is 3. The molecule has 10 heteroatoms. The number of hydrogen-bond donors (Lipinski definition) is 1. The Morgan fingerprint density at radius 2 is 1.82 bits per heavy atom. The molecule has 2 aromatic carbocycles. The van der Waals surface area contributed by atoms with Crippen LogP contribution in [0.4, 0.5) is 24.5 Å². The van der Waals surface area contributed by atoms with Crippen molar-refractivity contribution in [3.8, 4) is 0 Å². The average Bonchev–Trinajstić information content (AvgIpc) is 2.57. The number of rotatable bonds is 6. The third kappa shape index (κ3) is 5.17. The third-order valence-corrected chi connectivity index (χ3v) is 5.30. The lowest BCUT2D eigenvalue weighted by Gasteiger charge is -2.30. The summed E-state index contributed by atoms with van der Waals surface area (Å²) in [5.41, 5.74) is -1.33. The summed E-state index contributed by atoms with van der Waals surface area (Å²) in [5.74, 6) is -0.885. The first kappa shape index (κ1) is 22.0. The van der Waals surface area contributed by atoms with E-state index < -0.39 is 39.4 Å². The van der Waals surface area contributed by atoms with Crippen molar-refractivity contribution in [2.75, 3.05) is 15.9 Å². The number of sulfonamides is 1. The monoisotopic (exact) mass is 434 g/mol. The van der Waals surface area contributed by atoms with E-state index in [-0.39, 0.29) is 17.1 Å². The van der Waals surface area contributed by atoms with Gasteiger partial charge >= 0.3 is 6.18 Å². The zero-order chi connectivity index (χ0) is 21.1. The van der Waals surface area contributed by atoms with Gasteiger partial charge in [-0.25, -0.2) is 8.42 Å². The molecule has 1 N–H and O–H groups in total.